The van der Waals surface area contributed by atoms with Gasteiger partial charge in [0.15, 0.2) is 0 Å². The summed E-state index contributed by atoms with van der Waals surface area (Å²) in [5.41, 5.74) is 1.82. The monoisotopic (exact) mass is 459 g/mol. The molecule has 1 heterocycles. The van der Waals surface area contributed by atoms with Crippen LogP contribution in [0.3, 0.4) is 0 Å². The molecular formula is C28H33N3O3. The van der Waals surface area contributed by atoms with E-state index in [1.54, 1.807) is 19.2 Å². The molecule has 0 saturated carbocycles. The summed E-state index contributed by atoms with van der Waals surface area (Å²) in [4.78, 5) is 17.3. The van der Waals surface area contributed by atoms with E-state index >= 15 is 0 Å². The highest BCUT2D eigenvalue weighted by Crippen LogP contribution is 2.28. The minimum absolute atomic E-state index is 0.0447. The zero-order valence-electron chi connectivity index (χ0n) is 19.8. The summed E-state index contributed by atoms with van der Waals surface area (Å²) in [6, 6.07) is 25.1. The van der Waals surface area contributed by atoms with E-state index in [0.29, 0.717) is 17.9 Å². The fraction of sp³-hybridized carbons (Fsp3) is 0.321. The van der Waals surface area contributed by atoms with Crippen LogP contribution in [-0.2, 0) is 0 Å². The Balaban J connectivity index is 1.12. The van der Waals surface area contributed by atoms with E-state index < -0.39 is 0 Å². The summed E-state index contributed by atoms with van der Waals surface area (Å²) in [5.74, 6) is 2.39. The van der Waals surface area contributed by atoms with Crippen LogP contribution in [0.4, 0.5) is 5.69 Å². The second kappa shape index (κ2) is 12.1. The third-order valence-electron chi connectivity index (χ3n) is 6.08. The Morgan fingerprint density at radius 2 is 1.50 bits per heavy atom. The fourth-order valence-corrected chi connectivity index (χ4v) is 4.17. The van der Waals surface area contributed by atoms with Crippen molar-refractivity contribution < 1.29 is 14.3 Å². The van der Waals surface area contributed by atoms with Crippen LogP contribution in [0.5, 0.6) is 17.2 Å². The number of nitrogens with one attached hydrogen (secondary N) is 1. The second-order valence-corrected chi connectivity index (χ2v) is 8.40. The van der Waals surface area contributed by atoms with Crippen LogP contribution in [0.15, 0.2) is 78.9 Å². The van der Waals surface area contributed by atoms with E-state index in [1.165, 1.54) is 5.69 Å². The number of unbranched alkanes of at least 4 members (excludes halogenated alkanes) is 1. The van der Waals surface area contributed by atoms with Crippen molar-refractivity contribution in [1.29, 1.82) is 0 Å². The van der Waals surface area contributed by atoms with Crippen molar-refractivity contribution in [3.63, 3.8) is 0 Å². The standard InChI is InChI=1S/C28H33N3O3/c1-33-27-12-6-5-11-26(27)31-21-19-30(20-22-31)18-8-7-17-29-28(32)23-13-15-25(16-14-23)34-24-9-3-2-4-10-24/h2-6,9-16H,7-8,17-22H2,1H3,(H,29,32). The molecule has 4 rings (SSSR count). The fourth-order valence-electron chi connectivity index (χ4n) is 4.17. The second-order valence-electron chi connectivity index (χ2n) is 8.40. The van der Waals surface area contributed by atoms with Crippen molar-refractivity contribution >= 4 is 11.6 Å². The lowest BCUT2D eigenvalue weighted by Crippen LogP contribution is -2.46. The third-order valence-corrected chi connectivity index (χ3v) is 6.08. The number of nitrogens with zero attached hydrogens (tertiary/aromatic N) is 2. The van der Waals surface area contributed by atoms with Crippen LogP contribution in [-0.4, -0.2) is 57.2 Å². The molecule has 1 aliphatic rings. The van der Waals surface area contributed by atoms with Gasteiger partial charge in [0.05, 0.1) is 12.8 Å². The minimum Gasteiger partial charge on any atom is -0.495 e. The van der Waals surface area contributed by atoms with E-state index in [9.17, 15) is 4.79 Å². The molecule has 6 heteroatoms. The number of anilines is 1. The van der Waals surface area contributed by atoms with Crippen molar-refractivity contribution in [2.75, 3.05) is 51.3 Å². The number of para-hydroxylation sites is 3. The molecule has 0 atom stereocenters. The highest BCUT2D eigenvalue weighted by atomic mass is 16.5. The summed E-state index contributed by atoms with van der Waals surface area (Å²) in [6.07, 6.45) is 2.03. The average Bonchev–Trinajstić information content (AvgIpc) is 2.90. The molecule has 0 radical (unpaired) electrons. The van der Waals surface area contributed by atoms with Gasteiger partial charge in [0.1, 0.15) is 17.2 Å². The Hall–Kier alpha value is -3.51. The molecule has 178 valence electrons. The summed E-state index contributed by atoms with van der Waals surface area (Å²) in [7, 11) is 1.73. The SMILES string of the molecule is COc1ccccc1N1CCN(CCCCNC(=O)c2ccc(Oc3ccccc3)cc2)CC1. The van der Waals surface area contributed by atoms with Gasteiger partial charge in [0, 0.05) is 38.3 Å². The largest absolute Gasteiger partial charge is 0.495 e. The number of hydrogen-bond acceptors (Lipinski definition) is 5. The molecule has 0 aromatic heterocycles. The predicted octanol–water partition coefficient (Wildman–Crippen LogP) is 4.82. The summed E-state index contributed by atoms with van der Waals surface area (Å²) in [5, 5.41) is 3.03. The number of amides is 1. The Labute approximate surface area is 202 Å². The zero-order valence-corrected chi connectivity index (χ0v) is 19.8. The molecule has 1 amide bonds. The molecule has 0 unspecified atom stereocenters. The van der Waals surface area contributed by atoms with Gasteiger partial charge < -0.3 is 19.7 Å². The average molecular weight is 460 g/mol. The molecule has 3 aromatic rings. The van der Waals surface area contributed by atoms with Gasteiger partial charge in [-0.3, -0.25) is 9.69 Å². The predicted molar refractivity (Wildman–Crippen MR) is 136 cm³/mol. The van der Waals surface area contributed by atoms with Crippen LogP contribution < -0.4 is 19.7 Å². The molecule has 0 bridgehead atoms. The molecule has 34 heavy (non-hydrogen) atoms. The van der Waals surface area contributed by atoms with Gasteiger partial charge in [0.25, 0.3) is 5.91 Å². The third kappa shape index (κ3) is 6.51. The van der Waals surface area contributed by atoms with Crippen LogP contribution in [0.25, 0.3) is 0 Å². The van der Waals surface area contributed by atoms with Crippen LogP contribution >= 0.6 is 0 Å². The maximum absolute atomic E-state index is 12.4. The van der Waals surface area contributed by atoms with Gasteiger partial charge in [-0.05, 0) is 67.9 Å². The molecule has 1 N–H and O–H groups in total. The van der Waals surface area contributed by atoms with Gasteiger partial charge >= 0.3 is 0 Å². The number of piperazine rings is 1. The zero-order chi connectivity index (χ0) is 23.6. The van der Waals surface area contributed by atoms with Crippen molar-refractivity contribution in [1.82, 2.24) is 10.2 Å². The van der Waals surface area contributed by atoms with Gasteiger partial charge in [-0.25, -0.2) is 0 Å². The number of ether oxygens (including phenoxy) is 2. The van der Waals surface area contributed by atoms with Crippen molar-refractivity contribution in [3.8, 4) is 17.2 Å². The van der Waals surface area contributed by atoms with Crippen LogP contribution in [0.2, 0.25) is 0 Å². The molecule has 1 saturated heterocycles. The van der Waals surface area contributed by atoms with Gasteiger partial charge in [-0.15, -0.1) is 0 Å². The van der Waals surface area contributed by atoms with Crippen molar-refractivity contribution in [2.24, 2.45) is 0 Å². The van der Waals surface area contributed by atoms with Crippen LogP contribution in [0, 0.1) is 0 Å². The highest BCUT2D eigenvalue weighted by molar-refractivity contribution is 5.94. The molecule has 6 nitrogen and oxygen atoms in total. The Morgan fingerprint density at radius 3 is 2.24 bits per heavy atom. The normalized spacial score (nSPS) is 14.0. The maximum Gasteiger partial charge on any atom is 0.251 e. The van der Waals surface area contributed by atoms with E-state index in [4.69, 9.17) is 9.47 Å². The van der Waals surface area contributed by atoms with Gasteiger partial charge in [-0.2, -0.15) is 0 Å². The first kappa shape index (κ1) is 23.6. The first-order chi connectivity index (χ1) is 16.7. The van der Waals surface area contributed by atoms with Gasteiger partial charge in [0.2, 0.25) is 0 Å². The lowest BCUT2D eigenvalue weighted by atomic mass is 10.2. The topological polar surface area (TPSA) is 54.0 Å². The van der Waals surface area contributed by atoms with Crippen LogP contribution in [0.1, 0.15) is 23.2 Å². The number of carbonyl (C=O) groups excluding carboxylic acids is 1. The number of carbonyl (C=O) groups is 1. The lowest BCUT2D eigenvalue weighted by Gasteiger charge is -2.36. The van der Waals surface area contributed by atoms with Crippen molar-refractivity contribution in [3.05, 3.63) is 84.4 Å². The minimum atomic E-state index is -0.0447. The number of hydrogen-bond donors (Lipinski definition) is 1. The molecule has 3 aromatic carbocycles. The molecule has 1 fully saturated rings. The first-order valence-electron chi connectivity index (χ1n) is 11.9. The van der Waals surface area contributed by atoms with Gasteiger partial charge in [-0.1, -0.05) is 30.3 Å². The first-order valence-corrected chi connectivity index (χ1v) is 11.9. The molecule has 1 aliphatic heterocycles. The Morgan fingerprint density at radius 1 is 0.824 bits per heavy atom. The number of methoxy groups -OCH3 is 1. The quantitative estimate of drug-likeness (QED) is 0.441. The highest BCUT2D eigenvalue weighted by Gasteiger charge is 2.19. The van der Waals surface area contributed by atoms with Crippen molar-refractivity contribution in [2.45, 2.75) is 12.8 Å². The molecule has 0 aliphatic carbocycles. The maximum atomic E-state index is 12.4. The van der Waals surface area contributed by atoms with E-state index in [2.05, 4.69) is 27.2 Å². The summed E-state index contributed by atoms with van der Waals surface area (Å²) >= 11 is 0. The number of rotatable bonds is 10. The van der Waals surface area contributed by atoms with E-state index in [-0.39, 0.29) is 5.91 Å². The molecule has 0 spiro atoms. The van der Waals surface area contributed by atoms with E-state index in [0.717, 1.165) is 57.1 Å². The molecular weight excluding hydrogens is 426 g/mol. The lowest BCUT2D eigenvalue weighted by molar-refractivity contribution is 0.0952. The Kier molecular flexibility index (Phi) is 8.41. The number of benzene rings is 3. The summed E-state index contributed by atoms with van der Waals surface area (Å²) < 4.78 is 11.3. The summed E-state index contributed by atoms with van der Waals surface area (Å²) in [6.45, 7) is 5.83. The Bertz CT molecular complexity index is 1030. The smallest absolute Gasteiger partial charge is 0.251 e. The van der Waals surface area contributed by atoms with E-state index in [1.807, 2.05) is 54.6 Å².